The molecule has 1 amide bonds. The topological polar surface area (TPSA) is 34.0 Å². The van der Waals surface area contributed by atoms with E-state index in [1.165, 1.54) is 5.56 Å². The van der Waals surface area contributed by atoms with E-state index in [2.05, 4.69) is 53.2 Å². The van der Waals surface area contributed by atoms with Crippen LogP contribution in [0.25, 0.3) is 16.9 Å². The largest absolute Gasteiger partial charge is 0.348 e. The number of benzene rings is 3. The Morgan fingerprint density at radius 3 is 2.10 bits per heavy atom. The molecule has 0 aliphatic rings. The average molecular weight is 380 g/mol. The lowest BCUT2D eigenvalue weighted by atomic mass is 10.1. The van der Waals surface area contributed by atoms with Gasteiger partial charge in [-0.25, -0.2) is 0 Å². The van der Waals surface area contributed by atoms with Crippen LogP contribution in [0.4, 0.5) is 0 Å². The maximum atomic E-state index is 13.0. The third-order valence-corrected chi connectivity index (χ3v) is 5.15. The van der Waals surface area contributed by atoms with Gasteiger partial charge in [0, 0.05) is 17.9 Å². The van der Waals surface area contributed by atoms with Gasteiger partial charge in [-0.05, 0) is 43.2 Å². The molecular formula is C26H24N2O. The number of hydrogen-bond acceptors (Lipinski definition) is 1. The van der Waals surface area contributed by atoms with Gasteiger partial charge in [-0.1, -0.05) is 78.4 Å². The van der Waals surface area contributed by atoms with E-state index in [9.17, 15) is 4.79 Å². The summed E-state index contributed by atoms with van der Waals surface area (Å²) in [6.07, 6.45) is 0. The number of hydrogen-bond donors (Lipinski definition) is 1. The Morgan fingerprint density at radius 1 is 0.828 bits per heavy atom. The molecule has 144 valence electrons. The molecule has 0 aliphatic heterocycles. The zero-order chi connectivity index (χ0) is 20.2. The second-order valence-electron chi connectivity index (χ2n) is 7.23. The molecule has 0 fully saturated rings. The Kier molecular flexibility index (Phi) is 5.30. The monoisotopic (exact) mass is 380 g/mol. The third kappa shape index (κ3) is 3.99. The molecule has 29 heavy (non-hydrogen) atoms. The van der Waals surface area contributed by atoms with Gasteiger partial charge in [-0.3, -0.25) is 4.79 Å². The molecule has 1 aromatic heterocycles. The zero-order valence-electron chi connectivity index (χ0n) is 16.7. The molecule has 1 heterocycles. The lowest BCUT2D eigenvalue weighted by Crippen LogP contribution is -2.23. The predicted octanol–water partition coefficient (Wildman–Crippen LogP) is 5.69. The highest BCUT2D eigenvalue weighted by Gasteiger charge is 2.19. The number of nitrogens with one attached hydrogen (secondary N) is 1. The number of aromatic nitrogens is 1. The second kappa shape index (κ2) is 8.19. The Bertz CT molecular complexity index is 1110. The summed E-state index contributed by atoms with van der Waals surface area (Å²) < 4.78 is 2.16. The Balaban J connectivity index is 1.73. The van der Waals surface area contributed by atoms with E-state index in [4.69, 9.17) is 0 Å². The summed E-state index contributed by atoms with van der Waals surface area (Å²) in [5.74, 6) is -0.0607. The van der Waals surface area contributed by atoms with Gasteiger partial charge in [0.25, 0.3) is 5.91 Å². The predicted molar refractivity (Wildman–Crippen MR) is 118 cm³/mol. The third-order valence-electron chi connectivity index (χ3n) is 5.15. The van der Waals surface area contributed by atoms with Crippen LogP contribution in [0.1, 0.15) is 27.2 Å². The van der Waals surface area contributed by atoms with Gasteiger partial charge < -0.3 is 9.88 Å². The van der Waals surface area contributed by atoms with Crippen LogP contribution in [-0.4, -0.2) is 10.5 Å². The van der Waals surface area contributed by atoms with Crippen LogP contribution in [0.5, 0.6) is 0 Å². The minimum Gasteiger partial charge on any atom is -0.348 e. The molecule has 0 saturated heterocycles. The number of carbonyl (C=O) groups excluding carboxylic acids is 1. The maximum Gasteiger partial charge on any atom is 0.253 e. The van der Waals surface area contributed by atoms with Gasteiger partial charge in [0.05, 0.1) is 11.3 Å². The van der Waals surface area contributed by atoms with Gasteiger partial charge in [-0.2, -0.15) is 0 Å². The van der Waals surface area contributed by atoms with E-state index in [0.29, 0.717) is 12.1 Å². The maximum absolute atomic E-state index is 13.0. The molecule has 4 rings (SSSR count). The first-order valence-electron chi connectivity index (χ1n) is 9.80. The molecule has 1 N–H and O–H groups in total. The van der Waals surface area contributed by atoms with Gasteiger partial charge >= 0.3 is 0 Å². The normalized spacial score (nSPS) is 10.7. The van der Waals surface area contributed by atoms with Crippen LogP contribution in [-0.2, 0) is 6.54 Å². The van der Waals surface area contributed by atoms with E-state index < -0.39 is 0 Å². The molecular weight excluding hydrogens is 356 g/mol. The van der Waals surface area contributed by atoms with Gasteiger partial charge in [-0.15, -0.1) is 0 Å². The van der Waals surface area contributed by atoms with Gasteiger partial charge in [0.2, 0.25) is 0 Å². The number of amides is 1. The van der Waals surface area contributed by atoms with Gasteiger partial charge in [0.1, 0.15) is 0 Å². The van der Waals surface area contributed by atoms with Crippen LogP contribution < -0.4 is 5.32 Å². The van der Waals surface area contributed by atoms with Crippen molar-refractivity contribution in [1.82, 2.24) is 9.88 Å². The Morgan fingerprint density at radius 2 is 1.45 bits per heavy atom. The van der Waals surface area contributed by atoms with Crippen molar-refractivity contribution in [1.29, 1.82) is 0 Å². The van der Waals surface area contributed by atoms with Crippen LogP contribution >= 0.6 is 0 Å². The van der Waals surface area contributed by atoms with Crippen molar-refractivity contribution < 1.29 is 4.79 Å². The summed E-state index contributed by atoms with van der Waals surface area (Å²) in [5, 5.41) is 3.06. The fourth-order valence-corrected chi connectivity index (χ4v) is 3.56. The fraction of sp³-hybridized carbons (Fsp3) is 0.115. The molecule has 4 aromatic rings. The van der Waals surface area contributed by atoms with Gasteiger partial charge in [0.15, 0.2) is 0 Å². The van der Waals surface area contributed by atoms with E-state index >= 15 is 0 Å². The summed E-state index contributed by atoms with van der Waals surface area (Å²) in [4.78, 5) is 13.0. The summed E-state index contributed by atoms with van der Waals surface area (Å²) in [5.41, 5.74) is 7.06. The van der Waals surface area contributed by atoms with Crippen molar-refractivity contribution >= 4 is 5.91 Å². The molecule has 0 unspecified atom stereocenters. The van der Waals surface area contributed by atoms with Crippen LogP contribution in [0.15, 0.2) is 91.0 Å². The molecule has 3 heteroatoms. The van der Waals surface area contributed by atoms with Crippen LogP contribution in [0.3, 0.4) is 0 Å². The summed E-state index contributed by atoms with van der Waals surface area (Å²) in [7, 11) is 0. The highest BCUT2D eigenvalue weighted by atomic mass is 16.1. The van der Waals surface area contributed by atoms with E-state index in [1.54, 1.807) is 0 Å². The molecule has 0 bridgehead atoms. The first-order chi connectivity index (χ1) is 14.1. The van der Waals surface area contributed by atoms with Crippen molar-refractivity contribution in [3.05, 3.63) is 113 Å². The first kappa shape index (κ1) is 18.8. The van der Waals surface area contributed by atoms with Crippen molar-refractivity contribution in [2.75, 3.05) is 0 Å². The molecule has 3 aromatic carbocycles. The molecule has 0 spiro atoms. The minimum absolute atomic E-state index is 0.0607. The van der Waals surface area contributed by atoms with Crippen molar-refractivity contribution in [2.24, 2.45) is 0 Å². The number of carbonyl (C=O) groups is 1. The Hall–Kier alpha value is -3.59. The molecule has 3 nitrogen and oxygen atoms in total. The lowest BCUT2D eigenvalue weighted by molar-refractivity contribution is 0.0950. The van der Waals surface area contributed by atoms with E-state index in [0.717, 1.165) is 28.2 Å². The summed E-state index contributed by atoms with van der Waals surface area (Å²) in [6.45, 7) is 4.59. The van der Waals surface area contributed by atoms with E-state index in [1.807, 2.05) is 61.5 Å². The highest BCUT2D eigenvalue weighted by molar-refractivity contribution is 5.97. The Labute approximate surface area is 171 Å². The molecule has 0 radical (unpaired) electrons. The van der Waals surface area contributed by atoms with Crippen LogP contribution in [0.2, 0.25) is 0 Å². The van der Waals surface area contributed by atoms with Crippen molar-refractivity contribution in [3.63, 3.8) is 0 Å². The summed E-state index contributed by atoms with van der Waals surface area (Å²) in [6, 6.07) is 30.5. The fourth-order valence-electron chi connectivity index (χ4n) is 3.56. The van der Waals surface area contributed by atoms with Crippen LogP contribution in [0, 0.1) is 13.8 Å². The molecule has 0 aliphatic carbocycles. The van der Waals surface area contributed by atoms with Crippen molar-refractivity contribution in [2.45, 2.75) is 20.4 Å². The number of aryl methyl sites for hydroxylation is 1. The number of nitrogens with zero attached hydrogens (tertiary/aromatic N) is 1. The smallest absolute Gasteiger partial charge is 0.253 e. The standard InChI is InChI=1S/C26H24N2O/c1-19-13-15-23(16-14-19)28-20(2)24(17-25(28)22-11-7-4-8-12-22)26(29)27-18-21-9-5-3-6-10-21/h3-17H,18H2,1-2H3,(H,27,29). The molecule has 0 saturated carbocycles. The van der Waals surface area contributed by atoms with E-state index in [-0.39, 0.29) is 5.91 Å². The highest BCUT2D eigenvalue weighted by Crippen LogP contribution is 2.29. The zero-order valence-corrected chi connectivity index (χ0v) is 16.7. The van der Waals surface area contributed by atoms with Crippen molar-refractivity contribution in [3.8, 4) is 16.9 Å². The summed E-state index contributed by atoms with van der Waals surface area (Å²) >= 11 is 0. The SMILES string of the molecule is Cc1ccc(-n2c(-c3ccccc3)cc(C(=O)NCc3ccccc3)c2C)cc1. The lowest BCUT2D eigenvalue weighted by Gasteiger charge is -2.13. The second-order valence-corrected chi connectivity index (χ2v) is 7.23. The minimum atomic E-state index is -0.0607. The average Bonchev–Trinajstić information content (AvgIpc) is 3.11. The molecule has 0 atom stereocenters. The first-order valence-corrected chi connectivity index (χ1v) is 9.80. The quantitative estimate of drug-likeness (QED) is 0.474. The number of rotatable bonds is 5.